The average Bonchev–Trinajstić information content (AvgIpc) is 3.18. The number of hydrogen-bond donors (Lipinski definition) is 1. The lowest BCUT2D eigenvalue weighted by Crippen LogP contribution is -2.26. The van der Waals surface area contributed by atoms with E-state index in [0.717, 1.165) is 11.1 Å². The molecule has 1 aromatic carbocycles. The number of carbonyl (C=O) groups excluding carboxylic acids is 1. The van der Waals surface area contributed by atoms with Gasteiger partial charge in [-0.15, -0.1) is 10.2 Å². The average molecular weight is 404 g/mol. The second-order valence-corrected chi connectivity index (χ2v) is 7.72. The lowest BCUT2D eigenvalue weighted by Gasteiger charge is -2.13. The van der Waals surface area contributed by atoms with E-state index in [1.54, 1.807) is 17.0 Å². The van der Waals surface area contributed by atoms with Crippen molar-refractivity contribution in [3.05, 3.63) is 70.5 Å². The maximum atomic E-state index is 13.0. The predicted octanol–water partition coefficient (Wildman–Crippen LogP) is 2.34. The van der Waals surface area contributed by atoms with Crippen LogP contribution in [0.3, 0.4) is 0 Å². The van der Waals surface area contributed by atoms with E-state index in [4.69, 9.17) is 0 Å². The second-order valence-electron chi connectivity index (χ2n) is 7.72. The summed E-state index contributed by atoms with van der Waals surface area (Å²) in [6, 6.07) is 11.2. The van der Waals surface area contributed by atoms with Crippen molar-refractivity contribution in [3.8, 4) is 0 Å². The smallest absolute Gasteiger partial charge is 0.262 e. The fourth-order valence-corrected chi connectivity index (χ4v) is 3.52. The number of pyridine rings is 1. The van der Waals surface area contributed by atoms with Crippen LogP contribution in [-0.4, -0.2) is 30.1 Å². The molecule has 3 aromatic heterocycles. The third-order valence-corrected chi connectivity index (χ3v) is 4.91. The molecule has 0 bridgehead atoms. The van der Waals surface area contributed by atoms with E-state index in [1.165, 1.54) is 0 Å². The van der Waals surface area contributed by atoms with E-state index in [1.807, 2.05) is 40.8 Å². The van der Waals surface area contributed by atoms with Crippen LogP contribution < -0.4 is 10.9 Å². The summed E-state index contributed by atoms with van der Waals surface area (Å²) in [5, 5.41) is 12.1. The molecule has 0 saturated carbocycles. The van der Waals surface area contributed by atoms with Gasteiger partial charge in [0.05, 0.1) is 10.9 Å². The maximum Gasteiger partial charge on any atom is 0.262 e. The molecule has 4 aromatic rings. The van der Waals surface area contributed by atoms with E-state index < -0.39 is 0 Å². The van der Waals surface area contributed by atoms with Crippen LogP contribution in [-0.2, 0) is 24.3 Å². The summed E-state index contributed by atoms with van der Waals surface area (Å²) in [6.07, 6.45) is 4.12. The normalized spacial score (nSPS) is 11.4. The highest BCUT2D eigenvalue weighted by atomic mass is 16.1. The summed E-state index contributed by atoms with van der Waals surface area (Å²) in [4.78, 5) is 29.4. The monoisotopic (exact) mass is 404 g/mol. The number of hydrogen-bond acceptors (Lipinski definition) is 5. The highest BCUT2D eigenvalue weighted by Crippen LogP contribution is 2.16. The molecule has 0 atom stereocenters. The van der Waals surface area contributed by atoms with Crippen LogP contribution in [0.4, 0.5) is 0 Å². The van der Waals surface area contributed by atoms with Crippen molar-refractivity contribution in [1.82, 2.24) is 29.5 Å². The fourth-order valence-electron chi connectivity index (χ4n) is 3.52. The molecule has 0 spiro atoms. The Kier molecular flexibility index (Phi) is 5.56. The SMILES string of the molecule is CC(C)Cn1c(=O)c2ccccc2n2c(CCC(=O)NCc3cccnc3)nnc12. The molecule has 0 aliphatic carbocycles. The molecule has 154 valence electrons. The largest absolute Gasteiger partial charge is 0.352 e. The van der Waals surface area contributed by atoms with Gasteiger partial charge in [-0.05, 0) is 29.7 Å². The van der Waals surface area contributed by atoms with Crippen LogP contribution >= 0.6 is 0 Å². The molecule has 8 nitrogen and oxygen atoms in total. The third kappa shape index (κ3) is 3.94. The summed E-state index contributed by atoms with van der Waals surface area (Å²) in [5.41, 5.74) is 1.63. The Morgan fingerprint density at radius 1 is 1.13 bits per heavy atom. The number of benzene rings is 1. The minimum Gasteiger partial charge on any atom is -0.352 e. The molecule has 0 aliphatic rings. The van der Waals surface area contributed by atoms with Crippen molar-refractivity contribution in [2.24, 2.45) is 5.92 Å². The zero-order valence-corrected chi connectivity index (χ0v) is 17.1. The number of fused-ring (bicyclic) bond motifs is 3. The fraction of sp³-hybridized carbons (Fsp3) is 0.318. The van der Waals surface area contributed by atoms with Gasteiger partial charge in [-0.3, -0.25) is 23.5 Å². The molecule has 0 radical (unpaired) electrons. The molecular weight excluding hydrogens is 380 g/mol. The number of amides is 1. The quantitative estimate of drug-likeness (QED) is 0.510. The van der Waals surface area contributed by atoms with Crippen LogP contribution in [0, 0.1) is 5.92 Å². The maximum absolute atomic E-state index is 13.0. The van der Waals surface area contributed by atoms with Gasteiger partial charge in [-0.1, -0.05) is 32.0 Å². The Morgan fingerprint density at radius 3 is 2.73 bits per heavy atom. The van der Waals surface area contributed by atoms with Crippen LogP contribution in [0.5, 0.6) is 0 Å². The summed E-state index contributed by atoms with van der Waals surface area (Å²) in [7, 11) is 0. The molecule has 8 heteroatoms. The summed E-state index contributed by atoms with van der Waals surface area (Å²) in [6.45, 7) is 5.10. The van der Waals surface area contributed by atoms with Crippen molar-refractivity contribution >= 4 is 22.6 Å². The lowest BCUT2D eigenvalue weighted by molar-refractivity contribution is -0.121. The van der Waals surface area contributed by atoms with Gasteiger partial charge >= 0.3 is 0 Å². The summed E-state index contributed by atoms with van der Waals surface area (Å²) >= 11 is 0. The minimum absolute atomic E-state index is 0.0695. The van der Waals surface area contributed by atoms with E-state index in [9.17, 15) is 9.59 Å². The van der Waals surface area contributed by atoms with E-state index in [-0.39, 0.29) is 23.8 Å². The highest BCUT2D eigenvalue weighted by molar-refractivity contribution is 5.80. The molecule has 4 rings (SSSR count). The van der Waals surface area contributed by atoms with Crippen LogP contribution in [0.1, 0.15) is 31.7 Å². The molecule has 3 heterocycles. The van der Waals surface area contributed by atoms with Gasteiger partial charge in [-0.25, -0.2) is 0 Å². The Labute approximate surface area is 173 Å². The third-order valence-electron chi connectivity index (χ3n) is 4.91. The second kappa shape index (κ2) is 8.44. The van der Waals surface area contributed by atoms with Crippen molar-refractivity contribution in [1.29, 1.82) is 0 Å². The number of rotatable bonds is 7. The summed E-state index contributed by atoms with van der Waals surface area (Å²) < 4.78 is 3.57. The first-order valence-electron chi connectivity index (χ1n) is 10.1. The first kappa shape index (κ1) is 19.8. The lowest BCUT2D eigenvalue weighted by atomic mass is 10.2. The first-order valence-corrected chi connectivity index (χ1v) is 10.1. The molecule has 1 amide bonds. The molecule has 0 aliphatic heterocycles. The van der Waals surface area contributed by atoms with Gasteiger partial charge in [0.25, 0.3) is 5.56 Å². The highest BCUT2D eigenvalue weighted by Gasteiger charge is 2.17. The number of carbonyl (C=O) groups is 1. The topological polar surface area (TPSA) is 94.2 Å². The van der Waals surface area contributed by atoms with Gasteiger partial charge in [-0.2, -0.15) is 0 Å². The Morgan fingerprint density at radius 2 is 1.97 bits per heavy atom. The van der Waals surface area contributed by atoms with Crippen LogP contribution in [0.2, 0.25) is 0 Å². The van der Waals surface area contributed by atoms with Gasteiger partial charge in [0.15, 0.2) is 0 Å². The zero-order valence-electron chi connectivity index (χ0n) is 17.1. The van der Waals surface area contributed by atoms with Crippen LogP contribution in [0.15, 0.2) is 53.6 Å². The molecule has 1 N–H and O–H groups in total. The Bertz CT molecular complexity index is 1240. The molecule has 0 fully saturated rings. The van der Waals surface area contributed by atoms with E-state index in [2.05, 4.69) is 34.3 Å². The van der Waals surface area contributed by atoms with Crippen molar-refractivity contribution in [2.75, 3.05) is 0 Å². The Balaban J connectivity index is 1.61. The van der Waals surface area contributed by atoms with Crippen LogP contribution in [0.25, 0.3) is 16.7 Å². The Hall–Kier alpha value is -3.55. The molecular formula is C22H24N6O2. The van der Waals surface area contributed by atoms with E-state index >= 15 is 0 Å². The number of para-hydroxylation sites is 1. The van der Waals surface area contributed by atoms with Gasteiger partial charge in [0.1, 0.15) is 5.82 Å². The number of nitrogens with zero attached hydrogens (tertiary/aromatic N) is 5. The number of nitrogens with one attached hydrogen (secondary N) is 1. The first-order chi connectivity index (χ1) is 14.5. The molecule has 30 heavy (non-hydrogen) atoms. The van der Waals surface area contributed by atoms with Gasteiger partial charge < -0.3 is 5.32 Å². The number of aryl methyl sites for hydroxylation is 1. The molecule has 0 saturated heterocycles. The predicted molar refractivity (Wildman–Crippen MR) is 114 cm³/mol. The summed E-state index contributed by atoms with van der Waals surface area (Å²) in [5.74, 6) is 1.38. The zero-order chi connectivity index (χ0) is 21.1. The standard InChI is InChI=1S/C22H24N6O2/c1-15(2)14-27-21(30)17-7-3-4-8-18(17)28-19(25-26-22(27)28)9-10-20(29)24-13-16-6-5-11-23-12-16/h3-8,11-12,15H,9-10,13-14H2,1-2H3,(H,24,29). The molecule has 0 unspecified atom stereocenters. The van der Waals surface area contributed by atoms with Crippen molar-refractivity contribution < 1.29 is 4.79 Å². The minimum atomic E-state index is -0.0737. The van der Waals surface area contributed by atoms with Gasteiger partial charge in [0, 0.05) is 38.3 Å². The van der Waals surface area contributed by atoms with Crippen molar-refractivity contribution in [3.63, 3.8) is 0 Å². The van der Waals surface area contributed by atoms with Gasteiger partial charge in [0.2, 0.25) is 11.7 Å². The van der Waals surface area contributed by atoms with Crippen molar-refractivity contribution in [2.45, 2.75) is 39.8 Å². The number of aromatic nitrogens is 5. The van der Waals surface area contributed by atoms with E-state index in [0.29, 0.717) is 36.5 Å².